The van der Waals surface area contributed by atoms with Gasteiger partial charge in [0.2, 0.25) is 5.91 Å². The number of carbonyl (C=O) groups excluding carboxylic acids is 2. The third kappa shape index (κ3) is 3.14. The molecule has 2 fully saturated rings. The van der Waals surface area contributed by atoms with Crippen molar-refractivity contribution in [3.63, 3.8) is 0 Å². The number of carbonyl (C=O) groups is 3. The van der Waals surface area contributed by atoms with E-state index in [2.05, 4.69) is 5.32 Å². The molecule has 5 nitrogen and oxygen atoms in total. The molecule has 2 N–H and O–H groups in total. The van der Waals surface area contributed by atoms with Crippen LogP contribution in [-0.2, 0) is 9.59 Å². The average Bonchev–Trinajstić information content (AvgIpc) is 3.30. The van der Waals surface area contributed by atoms with E-state index < -0.39 is 17.8 Å². The highest BCUT2D eigenvalue weighted by atomic mass is 16.4. The van der Waals surface area contributed by atoms with Crippen LogP contribution in [0.3, 0.4) is 0 Å². The number of fused-ring (bicyclic) bond motifs is 2. The van der Waals surface area contributed by atoms with Crippen LogP contribution in [0.2, 0.25) is 0 Å². The number of benzene rings is 2. The number of aliphatic carboxylic acids is 1. The zero-order valence-corrected chi connectivity index (χ0v) is 14.8. The zero-order chi connectivity index (χ0) is 19.0. The van der Waals surface area contributed by atoms with Crippen LogP contribution in [0.15, 0.2) is 54.6 Å². The van der Waals surface area contributed by atoms with E-state index in [1.807, 2.05) is 6.07 Å². The average molecular weight is 363 g/mol. The number of nitrogens with one attached hydrogen (secondary N) is 1. The molecule has 2 aromatic carbocycles. The summed E-state index contributed by atoms with van der Waals surface area (Å²) < 4.78 is 0. The molecule has 2 aliphatic rings. The number of carboxylic acids is 1. The Morgan fingerprint density at radius 1 is 0.852 bits per heavy atom. The van der Waals surface area contributed by atoms with Crippen molar-refractivity contribution in [1.29, 1.82) is 0 Å². The van der Waals surface area contributed by atoms with E-state index in [0.717, 1.165) is 19.3 Å². The van der Waals surface area contributed by atoms with Crippen LogP contribution in [0.25, 0.3) is 0 Å². The van der Waals surface area contributed by atoms with E-state index in [0.29, 0.717) is 16.8 Å². The molecule has 2 aliphatic carbocycles. The molecule has 0 heterocycles. The van der Waals surface area contributed by atoms with E-state index in [4.69, 9.17) is 0 Å². The minimum atomic E-state index is -0.893. The van der Waals surface area contributed by atoms with Gasteiger partial charge in [-0.05, 0) is 43.2 Å². The molecule has 0 aliphatic heterocycles. The molecule has 2 bridgehead atoms. The summed E-state index contributed by atoms with van der Waals surface area (Å²) in [6, 6.07) is 15.8. The Hall–Kier alpha value is -2.95. The summed E-state index contributed by atoms with van der Waals surface area (Å²) in [7, 11) is 0. The Morgan fingerprint density at radius 3 is 2.19 bits per heavy atom. The van der Waals surface area contributed by atoms with Crippen LogP contribution in [0.5, 0.6) is 0 Å². The van der Waals surface area contributed by atoms with Crippen molar-refractivity contribution in [2.75, 3.05) is 5.32 Å². The molecular formula is C22H21NO4. The summed E-state index contributed by atoms with van der Waals surface area (Å²) in [4.78, 5) is 37.5. The van der Waals surface area contributed by atoms with Crippen molar-refractivity contribution in [3.05, 3.63) is 65.7 Å². The second-order valence-corrected chi connectivity index (χ2v) is 7.45. The predicted octanol–water partition coefficient (Wildman–Crippen LogP) is 3.60. The van der Waals surface area contributed by atoms with Crippen molar-refractivity contribution in [2.24, 2.45) is 23.7 Å². The molecule has 138 valence electrons. The lowest BCUT2D eigenvalue weighted by Gasteiger charge is -2.27. The highest BCUT2D eigenvalue weighted by molar-refractivity contribution is 6.14. The van der Waals surface area contributed by atoms with E-state index in [1.54, 1.807) is 48.5 Å². The largest absolute Gasteiger partial charge is 0.481 e. The maximum Gasteiger partial charge on any atom is 0.307 e. The van der Waals surface area contributed by atoms with Gasteiger partial charge in [-0.15, -0.1) is 0 Å². The molecule has 2 saturated carbocycles. The van der Waals surface area contributed by atoms with Crippen LogP contribution in [0.4, 0.5) is 5.69 Å². The van der Waals surface area contributed by atoms with Crippen molar-refractivity contribution in [2.45, 2.75) is 19.3 Å². The van der Waals surface area contributed by atoms with Gasteiger partial charge in [0.1, 0.15) is 0 Å². The topological polar surface area (TPSA) is 83.5 Å². The summed E-state index contributed by atoms with van der Waals surface area (Å²) in [6.07, 6.45) is 2.59. The fourth-order valence-corrected chi connectivity index (χ4v) is 4.78. The smallest absolute Gasteiger partial charge is 0.307 e. The normalized spacial score (nSPS) is 25.9. The molecule has 0 radical (unpaired) electrons. The number of hydrogen-bond acceptors (Lipinski definition) is 3. The number of amides is 1. The second-order valence-electron chi connectivity index (χ2n) is 7.45. The molecule has 5 heteroatoms. The maximum absolute atomic E-state index is 12.9. The SMILES string of the molecule is O=C(c1ccccc1)c1ccccc1NC(=O)[C@@H]1[C@H]2CC[C@@H](C2)[C@@H]1C(=O)O. The number of hydrogen-bond donors (Lipinski definition) is 2. The Bertz CT molecular complexity index is 892. The molecular weight excluding hydrogens is 342 g/mol. The lowest BCUT2D eigenvalue weighted by molar-refractivity contribution is -0.148. The van der Waals surface area contributed by atoms with E-state index in [-0.39, 0.29) is 23.5 Å². The summed E-state index contributed by atoms with van der Waals surface area (Å²) >= 11 is 0. The Morgan fingerprint density at radius 2 is 1.48 bits per heavy atom. The summed E-state index contributed by atoms with van der Waals surface area (Å²) in [5, 5.41) is 12.4. The van der Waals surface area contributed by atoms with Crippen LogP contribution >= 0.6 is 0 Å². The first-order chi connectivity index (χ1) is 13.1. The van der Waals surface area contributed by atoms with Gasteiger partial charge < -0.3 is 10.4 Å². The summed E-state index contributed by atoms with van der Waals surface area (Å²) in [6.45, 7) is 0. The van der Waals surface area contributed by atoms with Crippen molar-refractivity contribution in [1.82, 2.24) is 0 Å². The Kier molecular flexibility index (Phi) is 4.52. The zero-order valence-electron chi connectivity index (χ0n) is 14.8. The van der Waals surface area contributed by atoms with Crippen LogP contribution in [0, 0.1) is 23.7 Å². The minimum Gasteiger partial charge on any atom is -0.481 e. The van der Waals surface area contributed by atoms with E-state index >= 15 is 0 Å². The first-order valence-electron chi connectivity index (χ1n) is 9.28. The first-order valence-corrected chi connectivity index (χ1v) is 9.28. The molecule has 2 aromatic rings. The van der Waals surface area contributed by atoms with Gasteiger partial charge in [-0.1, -0.05) is 42.5 Å². The highest BCUT2D eigenvalue weighted by Gasteiger charge is 2.54. The monoisotopic (exact) mass is 363 g/mol. The molecule has 0 aromatic heterocycles. The van der Waals surface area contributed by atoms with Gasteiger partial charge in [0, 0.05) is 11.1 Å². The van der Waals surface area contributed by atoms with Crippen LogP contribution in [0.1, 0.15) is 35.2 Å². The van der Waals surface area contributed by atoms with Crippen molar-refractivity contribution >= 4 is 23.3 Å². The van der Waals surface area contributed by atoms with Crippen molar-refractivity contribution in [3.8, 4) is 0 Å². The third-order valence-electron chi connectivity index (χ3n) is 5.97. The lowest BCUT2D eigenvalue weighted by atomic mass is 9.78. The number of rotatable bonds is 5. The van der Waals surface area contributed by atoms with Gasteiger partial charge >= 0.3 is 5.97 Å². The molecule has 4 atom stereocenters. The fraction of sp³-hybridized carbons (Fsp3) is 0.318. The van der Waals surface area contributed by atoms with Gasteiger partial charge in [-0.3, -0.25) is 14.4 Å². The quantitative estimate of drug-likeness (QED) is 0.795. The lowest BCUT2D eigenvalue weighted by Crippen LogP contribution is -2.38. The van der Waals surface area contributed by atoms with E-state index in [1.165, 1.54) is 0 Å². The van der Waals surface area contributed by atoms with Gasteiger partial charge in [-0.25, -0.2) is 0 Å². The fourth-order valence-electron chi connectivity index (χ4n) is 4.78. The highest BCUT2D eigenvalue weighted by Crippen LogP contribution is 2.52. The Balaban J connectivity index is 1.59. The van der Waals surface area contributed by atoms with Gasteiger partial charge in [0.05, 0.1) is 17.5 Å². The van der Waals surface area contributed by atoms with Gasteiger partial charge in [0.15, 0.2) is 5.78 Å². The molecule has 0 saturated heterocycles. The first kappa shape index (κ1) is 17.5. The summed E-state index contributed by atoms with van der Waals surface area (Å²) in [5.41, 5.74) is 1.39. The summed E-state index contributed by atoms with van der Waals surface area (Å²) in [5.74, 6) is -2.30. The number of para-hydroxylation sites is 1. The Labute approximate surface area is 157 Å². The maximum atomic E-state index is 12.9. The van der Waals surface area contributed by atoms with Crippen LogP contribution in [-0.4, -0.2) is 22.8 Å². The third-order valence-corrected chi connectivity index (χ3v) is 5.97. The van der Waals surface area contributed by atoms with Crippen LogP contribution < -0.4 is 5.32 Å². The van der Waals surface area contributed by atoms with Gasteiger partial charge in [-0.2, -0.15) is 0 Å². The number of carboxylic acid groups (broad SMARTS) is 1. The molecule has 27 heavy (non-hydrogen) atoms. The van der Waals surface area contributed by atoms with Crippen molar-refractivity contribution < 1.29 is 19.5 Å². The second kappa shape index (κ2) is 6.99. The van der Waals surface area contributed by atoms with Gasteiger partial charge in [0.25, 0.3) is 0 Å². The molecule has 0 unspecified atom stereocenters. The number of ketones is 1. The molecule has 0 spiro atoms. The standard InChI is InChI=1S/C22H21NO4/c24-20(13-6-2-1-3-7-13)16-8-4-5-9-17(16)23-21(25)18-14-10-11-15(12-14)19(18)22(26)27/h1-9,14-15,18-19H,10-12H2,(H,23,25)(H,26,27)/t14-,15-,18+,19-/m0/s1. The predicted molar refractivity (Wildman–Crippen MR) is 100 cm³/mol. The van der Waals surface area contributed by atoms with E-state index in [9.17, 15) is 19.5 Å². The molecule has 1 amide bonds. The molecule has 4 rings (SSSR count). The number of anilines is 1. The minimum absolute atomic E-state index is 0.0874.